The summed E-state index contributed by atoms with van der Waals surface area (Å²) < 4.78 is 0. The van der Waals surface area contributed by atoms with Crippen LogP contribution < -0.4 is 0 Å². The maximum atomic E-state index is 10.5. The van der Waals surface area contributed by atoms with Crippen molar-refractivity contribution in [1.29, 1.82) is 0 Å². The molecule has 0 bridgehead atoms. The molecule has 4 nitrogen and oxygen atoms in total. The zero-order valence-corrected chi connectivity index (χ0v) is 15.3. The first-order valence-corrected chi connectivity index (χ1v) is 9.45. The molecule has 138 valence electrons. The molecule has 3 aliphatic carbocycles. The third-order valence-corrected chi connectivity index (χ3v) is 7.82. The molecule has 24 heavy (non-hydrogen) atoms. The van der Waals surface area contributed by atoms with Crippen molar-refractivity contribution < 1.29 is 20.4 Å². The first kappa shape index (κ1) is 18.4. The Bertz CT molecular complexity index is 518. The van der Waals surface area contributed by atoms with Crippen molar-refractivity contribution in [3.05, 3.63) is 11.6 Å². The molecule has 0 aromatic rings. The van der Waals surface area contributed by atoms with Gasteiger partial charge in [0.1, 0.15) is 0 Å². The van der Waals surface area contributed by atoms with Gasteiger partial charge in [-0.25, -0.2) is 0 Å². The molecule has 3 rings (SSSR count). The SMILES string of the molecule is C[C@]1([C@H](O)CO)CC[C@@H]2C(=CC[C@@H]3[C@@](C)(CO)C[C@@H](O)C[C@@]23C)C1. The van der Waals surface area contributed by atoms with Crippen LogP contribution in [-0.4, -0.2) is 45.8 Å². The van der Waals surface area contributed by atoms with Crippen LogP contribution in [0.2, 0.25) is 0 Å². The van der Waals surface area contributed by atoms with E-state index in [1.165, 1.54) is 5.57 Å². The van der Waals surface area contributed by atoms with Crippen molar-refractivity contribution >= 4 is 0 Å². The number of allylic oxidation sites excluding steroid dienone is 2. The highest BCUT2D eigenvalue weighted by molar-refractivity contribution is 5.24. The number of hydrogen-bond donors (Lipinski definition) is 4. The topological polar surface area (TPSA) is 80.9 Å². The monoisotopic (exact) mass is 338 g/mol. The van der Waals surface area contributed by atoms with Crippen LogP contribution in [0, 0.1) is 28.1 Å². The minimum absolute atomic E-state index is 0.00469. The summed E-state index contributed by atoms with van der Waals surface area (Å²) in [5, 5.41) is 40.1. The van der Waals surface area contributed by atoms with E-state index in [9.17, 15) is 20.4 Å². The van der Waals surface area contributed by atoms with Gasteiger partial charge in [-0.05, 0) is 66.6 Å². The number of aliphatic hydroxyl groups is 4. The zero-order valence-electron chi connectivity index (χ0n) is 15.3. The van der Waals surface area contributed by atoms with E-state index in [2.05, 4.69) is 26.8 Å². The predicted octanol–water partition coefficient (Wildman–Crippen LogP) is 2.25. The second-order valence-electron chi connectivity index (χ2n) is 9.57. The molecule has 4 N–H and O–H groups in total. The smallest absolute Gasteiger partial charge is 0.0827 e. The molecule has 2 saturated carbocycles. The van der Waals surface area contributed by atoms with E-state index in [0.717, 1.165) is 32.1 Å². The third kappa shape index (κ3) is 2.66. The van der Waals surface area contributed by atoms with Crippen molar-refractivity contribution in [2.75, 3.05) is 13.2 Å². The standard InChI is InChI=1S/C20H34O4/c1-18(17(24)11-21)7-6-15-13(8-18)4-5-16-19(2,12-22)9-14(23)10-20(15,16)3/h4,14-17,21-24H,5-12H2,1-3H3/t14-,15-,16-,17-,18+,19-,20+/m1/s1. The molecule has 0 aromatic heterocycles. The van der Waals surface area contributed by atoms with E-state index in [1.54, 1.807) is 0 Å². The van der Waals surface area contributed by atoms with Crippen LogP contribution in [0.1, 0.15) is 59.3 Å². The fourth-order valence-electron chi connectivity index (χ4n) is 6.39. The minimum atomic E-state index is -0.676. The van der Waals surface area contributed by atoms with Gasteiger partial charge in [-0.1, -0.05) is 32.4 Å². The van der Waals surface area contributed by atoms with Crippen LogP contribution in [0.15, 0.2) is 11.6 Å². The van der Waals surface area contributed by atoms with E-state index >= 15 is 0 Å². The first-order chi connectivity index (χ1) is 11.2. The summed E-state index contributed by atoms with van der Waals surface area (Å²) in [4.78, 5) is 0. The van der Waals surface area contributed by atoms with Crippen molar-refractivity contribution in [2.24, 2.45) is 28.1 Å². The fourth-order valence-corrected chi connectivity index (χ4v) is 6.39. The molecule has 0 radical (unpaired) electrons. The van der Waals surface area contributed by atoms with Crippen LogP contribution in [-0.2, 0) is 0 Å². The maximum Gasteiger partial charge on any atom is 0.0827 e. The Morgan fingerprint density at radius 1 is 1.21 bits per heavy atom. The lowest BCUT2D eigenvalue weighted by Crippen LogP contribution is -2.56. The van der Waals surface area contributed by atoms with Crippen LogP contribution in [0.5, 0.6) is 0 Å². The molecule has 7 atom stereocenters. The highest BCUT2D eigenvalue weighted by Gasteiger charge is 2.57. The second-order valence-corrected chi connectivity index (χ2v) is 9.57. The lowest BCUT2D eigenvalue weighted by molar-refractivity contribution is -0.130. The zero-order chi connectivity index (χ0) is 17.8. The normalized spacial score (nSPS) is 49.8. The lowest BCUT2D eigenvalue weighted by atomic mass is 9.45. The van der Waals surface area contributed by atoms with E-state index in [4.69, 9.17) is 0 Å². The number of hydrogen-bond acceptors (Lipinski definition) is 4. The number of aliphatic hydroxyl groups excluding tert-OH is 4. The van der Waals surface area contributed by atoms with Gasteiger partial charge in [0.25, 0.3) is 0 Å². The first-order valence-electron chi connectivity index (χ1n) is 9.45. The number of rotatable bonds is 3. The van der Waals surface area contributed by atoms with Crippen LogP contribution in [0.3, 0.4) is 0 Å². The van der Waals surface area contributed by atoms with Gasteiger partial charge in [0.05, 0.1) is 18.8 Å². The summed E-state index contributed by atoms with van der Waals surface area (Å²) in [6.07, 6.45) is 6.44. The van der Waals surface area contributed by atoms with E-state index in [-0.39, 0.29) is 35.6 Å². The molecule has 0 unspecified atom stereocenters. The van der Waals surface area contributed by atoms with E-state index < -0.39 is 6.10 Å². The lowest BCUT2D eigenvalue weighted by Gasteiger charge is -2.60. The summed E-state index contributed by atoms with van der Waals surface area (Å²) in [7, 11) is 0. The molecule has 0 amide bonds. The molecule has 0 aliphatic heterocycles. The van der Waals surface area contributed by atoms with Gasteiger partial charge in [0.15, 0.2) is 0 Å². The van der Waals surface area contributed by atoms with Crippen molar-refractivity contribution in [1.82, 2.24) is 0 Å². The Hall–Kier alpha value is -0.420. The molecule has 4 heteroatoms. The minimum Gasteiger partial charge on any atom is -0.396 e. The summed E-state index contributed by atoms with van der Waals surface area (Å²) in [6, 6.07) is 0. The molecular weight excluding hydrogens is 304 g/mol. The average Bonchev–Trinajstić information content (AvgIpc) is 2.52. The Balaban J connectivity index is 1.92. The van der Waals surface area contributed by atoms with Crippen LogP contribution in [0.25, 0.3) is 0 Å². The van der Waals surface area contributed by atoms with Gasteiger partial charge in [-0.3, -0.25) is 0 Å². The fraction of sp³-hybridized carbons (Fsp3) is 0.900. The van der Waals surface area contributed by atoms with Crippen molar-refractivity contribution in [2.45, 2.75) is 71.5 Å². The average molecular weight is 338 g/mol. The summed E-state index contributed by atoms with van der Waals surface area (Å²) in [6.45, 7) is 6.44. The van der Waals surface area contributed by atoms with Gasteiger partial charge in [-0.15, -0.1) is 0 Å². The largest absolute Gasteiger partial charge is 0.396 e. The molecular formula is C20H34O4. The highest BCUT2D eigenvalue weighted by atomic mass is 16.3. The molecule has 0 aromatic carbocycles. The third-order valence-electron chi connectivity index (χ3n) is 7.82. The maximum absolute atomic E-state index is 10.5. The number of fused-ring (bicyclic) bond motifs is 3. The summed E-state index contributed by atoms with van der Waals surface area (Å²) >= 11 is 0. The Morgan fingerprint density at radius 3 is 2.54 bits per heavy atom. The highest BCUT2D eigenvalue weighted by Crippen LogP contribution is 2.63. The van der Waals surface area contributed by atoms with Crippen LogP contribution >= 0.6 is 0 Å². The van der Waals surface area contributed by atoms with Gasteiger partial charge in [0.2, 0.25) is 0 Å². The van der Waals surface area contributed by atoms with Gasteiger partial charge in [0, 0.05) is 6.61 Å². The summed E-state index contributed by atoms with van der Waals surface area (Å²) in [5.41, 5.74) is 0.919. The van der Waals surface area contributed by atoms with Crippen molar-refractivity contribution in [3.8, 4) is 0 Å². The molecule has 3 aliphatic rings. The Morgan fingerprint density at radius 2 is 1.92 bits per heavy atom. The van der Waals surface area contributed by atoms with Gasteiger partial charge in [-0.2, -0.15) is 0 Å². The molecule has 0 spiro atoms. The molecule has 0 saturated heterocycles. The Labute approximate surface area is 145 Å². The van der Waals surface area contributed by atoms with E-state index in [0.29, 0.717) is 18.3 Å². The van der Waals surface area contributed by atoms with Gasteiger partial charge < -0.3 is 20.4 Å². The Kier molecular flexibility index (Phi) is 4.66. The summed E-state index contributed by atoms with van der Waals surface area (Å²) in [5.74, 6) is 0.801. The van der Waals surface area contributed by atoms with Gasteiger partial charge >= 0.3 is 0 Å². The molecule has 2 fully saturated rings. The molecule has 0 heterocycles. The second kappa shape index (κ2) is 6.08. The van der Waals surface area contributed by atoms with Crippen LogP contribution in [0.4, 0.5) is 0 Å². The predicted molar refractivity (Wildman–Crippen MR) is 93.3 cm³/mol. The van der Waals surface area contributed by atoms with Crippen molar-refractivity contribution in [3.63, 3.8) is 0 Å². The van der Waals surface area contributed by atoms with E-state index in [1.807, 2.05) is 0 Å². The quantitative estimate of drug-likeness (QED) is 0.595.